The third kappa shape index (κ3) is 4.47. The summed E-state index contributed by atoms with van der Waals surface area (Å²) in [7, 11) is 0. The van der Waals surface area contributed by atoms with Crippen molar-refractivity contribution in [3.05, 3.63) is 23.8 Å². The number of anilines is 1. The van der Waals surface area contributed by atoms with Crippen molar-refractivity contribution in [3.8, 4) is 5.75 Å². The van der Waals surface area contributed by atoms with Crippen molar-refractivity contribution < 1.29 is 9.53 Å². The number of nitrogen functional groups attached to an aromatic ring is 1. The third-order valence-electron chi connectivity index (χ3n) is 3.06. The van der Waals surface area contributed by atoms with Gasteiger partial charge < -0.3 is 15.8 Å². The zero-order valence-corrected chi connectivity index (χ0v) is 12.2. The predicted octanol–water partition coefficient (Wildman–Crippen LogP) is 2.83. The van der Waals surface area contributed by atoms with E-state index in [9.17, 15) is 4.79 Å². The molecule has 1 aromatic carbocycles. The molecule has 4 nitrogen and oxygen atoms in total. The van der Waals surface area contributed by atoms with E-state index in [1.54, 1.807) is 18.2 Å². The summed E-state index contributed by atoms with van der Waals surface area (Å²) in [6, 6.07) is 5.29. The molecule has 1 atom stereocenters. The van der Waals surface area contributed by atoms with Crippen LogP contribution in [-0.2, 0) is 0 Å². The van der Waals surface area contributed by atoms with Crippen LogP contribution in [0.4, 0.5) is 5.69 Å². The molecular weight excluding hydrogens is 240 g/mol. The number of carbonyl (C=O) groups excluding carboxylic acids is 1. The summed E-state index contributed by atoms with van der Waals surface area (Å²) in [6.07, 6.45) is 0.907. The molecule has 0 aliphatic rings. The van der Waals surface area contributed by atoms with E-state index in [-0.39, 0.29) is 11.9 Å². The lowest BCUT2D eigenvalue weighted by atomic mass is 10.0. The molecule has 0 aliphatic carbocycles. The van der Waals surface area contributed by atoms with E-state index in [1.807, 2.05) is 6.92 Å². The van der Waals surface area contributed by atoms with Crippen LogP contribution in [0.25, 0.3) is 0 Å². The minimum absolute atomic E-state index is 0.103. The van der Waals surface area contributed by atoms with Gasteiger partial charge in [-0.15, -0.1) is 0 Å². The fraction of sp³-hybridized carbons (Fsp3) is 0.533. The average Bonchev–Trinajstić information content (AvgIpc) is 2.34. The van der Waals surface area contributed by atoms with Gasteiger partial charge in [-0.2, -0.15) is 0 Å². The largest absolute Gasteiger partial charge is 0.494 e. The average molecular weight is 264 g/mol. The highest BCUT2D eigenvalue weighted by Crippen LogP contribution is 2.19. The van der Waals surface area contributed by atoms with Crippen LogP contribution < -0.4 is 15.8 Å². The van der Waals surface area contributed by atoms with Crippen molar-refractivity contribution >= 4 is 11.6 Å². The van der Waals surface area contributed by atoms with Gasteiger partial charge in [-0.25, -0.2) is 0 Å². The highest BCUT2D eigenvalue weighted by molar-refractivity contribution is 5.95. The van der Waals surface area contributed by atoms with E-state index in [2.05, 4.69) is 26.1 Å². The number of amides is 1. The van der Waals surface area contributed by atoms with Gasteiger partial charge in [-0.05, 0) is 31.4 Å². The van der Waals surface area contributed by atoms with Gasteiger partial charge >= 0.3 is 0 Å². The van der Waals surface area contributed by atoms with Crippen molar-refractivity contribution in [1.29, 1.82) is 0 Å². The molecule has 0 fully saturated rings. The second-order valence-corrected chi connectivity index (χ2v) is 4.96. The molecule has 1 amide bonds. The third-order valence-corrected chi connectivity index (χ3v) is 3.06. The van der Waals surface area contributed by atoms with Gasteiger partial charge in [0.2, 0.25) is 0 Å². The first-order valence-electron chi connectivity index (χ1n) is 6.82. The Morgan fingerprint density at radius 2 is 2.00 bits per heavy atom. The normalized spacial score (nSPS) is 12.3. The first-order valence-corrected chi connectivity index (χ1v) is 6.82. The Balaban J connectivity index is 2.86. The maximum absolute atomic E-state index is 12.2. The Bertz CT molecular complexity index is 430. The number of rotatable bonds is 6. The van der Waals surface area contributed by atoms with Crippen molar-refractivity contribution in [2.24, 2.45) is 5.92 Å². The molecular formula is C15H24N2O2. The first-order chi connectivity index (χ1) is 8.97. The Kier molecular flexibility index (Phi) is 5.67. The fourth-order valence-electron chi connectivity index (χ4n) is 2.00. The number of hydrogen-bond donors (Lipinski definition) is 2. The van der Waals surface area contributed by atoms with E-state index < -0.39 is 0 Å². The van der Waals surface area contributed by atoms with Gasteiger partial charge in [0.1, 0.15) is 5.75 Å². The summed E-state index contributed by atoms with van der Waals surface area (Å²) < 4.78 is 5.40. The topological polar surface area (TPSA) is 64.3 Å². The summed E-state index contributed by atoms with van der Waals surface area (Å²) in [5, 5.41) is 3.03. The van der Waals surface area contributed by atoms with E-state index in [0.29, 0.717) is 29.5 Å². The second kappa shape index (κ2) is 7.02. The number of hydrogen-bond acceptors (Lipinski definition) is 3. The molecule has 4 heteroatoms. The molecule has 3 N–H and O–H groups in total. The molecule has 0 saturated heterocycles. The molecule has 0 radical (unpaired) electrons. The lowest BCUT2D eigenvalue weighted by Crippen LogP contribution is -2.38. The van der Waals surface area contributed by atoms with Crippen LogP contribution in [0, 0.1) is 5.92 Å². The zero-order valence-electron chi connectivity index (χ0n) is 12.2. The van der Waals surface area contributed by atoms with Crippen LogP contribution in [0.2, 0.25) is 0 Å². The van der Waals surface area contributed by atoms with Crippen LogP contribution in [0.1, 0.15) is 44.5 Å². The molecule has 0 aromatic heterocycles. The van der Waals surface area contributed by atoms with Crippen LogP contribution >= 0.6 is 0 Å². The molecule has 0 aliphatic heterocycles. The number of nitrogens with two attached hydrogens (primary N) is 1. The molecule has 1 rings (SSSR count). The monoisotopic (exact) mass is 264 g/mol. The van der Waals surface area contributed by atoms with Gasteiger partial charge in [-0.1, -0.05) is 20.8 Å². The summed E-state index contributed by atoms with van der Waals surface area (Å²) in [6.45, 7) is 8.71. The molecule has 0 heterocycles. The van der Waals surface area contributed by atoms with Crippen LogP contribution in [0.3, 0.4) is 0 Å². The van der Waals surface area contributed by atoms with Crippen molar-refractivity contribution in [2.45, 2.75) is 40.2 Å². The maximum atomic E-state index is 12.2. The molecule has 19 heavy (non-hydrogen) atoms. The van der Waals surface area contributed by atoms with Gasteiger partial charge in [0.15, 0.2) is 0 Å². The van der Waals surface area contributed by atoms with E-state index in [4.69, 9.17) is 10.5 Å². The fourth-order valence-corrected chi connectivity index (χ4v) is 2.00. The smallest absolute Gasteiger partial charge is 0.251 e. The number of benzene rings is 1. The Labute approximate surface area is 115 Å². The first kappa shape index (κ1) is 15.3. The summed E-state index contributed by atoms with van der Waals surface area (Å²) in [5.74, 6) is 0.931. The van der Waals surface area contributed by atoms with E-state index in [0.717, 1.165) is 6.42 Å². The lowest BCUT2D eigenvalue weighted by Gasteiger charge is -2.21. The molecule has 1 unspecified atom stereocenters. The van der Waals surface area contributed by atoms with E-state index >= 15 is 0 Å². The number of carbonyl (C=O) groups is 1. The van der Waals surface area contributed by atoms with Gasteiger partial charge in [0, 0.05) is 23.4 Å². The number of ether oxygens (including phenoxy) is 1. The maximum Gasteiger partial charge on any atom is 0.251 e. The second-order valence-electron chi connectivity index (χ2n) is 4.96. The molecule has 0 saturated carbocycles. The molecule has 0 bridgehead atoms. The van der Waals surface area contributed by atoms with Crippen molar-refractivity contribution in [1.82, 2.24) is 5.32 Å². The SMILES string of the molecule is CCOc1cc(N)cc(C(=O)NC(CC)C(C)C)c1. The zero-order chi connectivity index (χ0) is 14.4. The molecule has 106 valence electrons. The lowest BCUT2D eigenvalue weighted by molar-refractivity contribution is 0.0924. The van der Waals surface area contributed by atoms with Crippen molar-refractivity contribution in [3.63, 3.8) is 0 Å². The highest BCUT2D eigenvalue weighted by atomic mass is 16.5. The van der Waals surface area contributed by atoms with E-state index in [1.165, 1.54) is 0 Å². The Morgan fingerprint density at radius 1 is 1.32 bits per heavy atom. The molecule has 0 spiro atoms. The predicted molar refractivity (Wildman–Crippen MR) is 78.4 cm³/mol. The minimum atomic E-state index is -0.103. The Hall–Kier alpha value is -1.71. The van der Waals surface area contributed by atoms with Gasteiger partial charge in [0.05, 0.1) is 6.61 Å². The summed E-state index contributed by atoms with van der Waals surface area (Å²) in [4.78, 5) is 12.2. The summed E-state index contributed by atoms with van der Waals surface area (Å²) in [5.41, 5.74) is 6.87. The summed E-state index contributed by atoms with van der Waals surface area (Å²) >= 11 is 0. The highest BCUT2D eigenvalue weighted by Gasteiger charge is 2.16. The Morgan fingerprint density at radius 3 is 2.53 bits per heavy atom. The number of nitrogens with one attached hydrogen (secondary N) is 1. The van der Waals surface area contributed by atoms with Crippen LogP contribution in [0.5, 0.6) is 5.75 Å². The van der Waals surface area contributed by atoms with Crippen LogP contribution in [-0.4, -0.2) is 18.6 Å². The van der Waals surface area contributed by atoms with Crippen molar-refractivity contribution in [2.75, 3.05) is 12.3 Å². The minimum Gasteiger partial charge on any atom is -0.494 e. The van der Waals surface area contributed by atoms with Gasteiger partial charge in [-0.3, -0.25) is 4.79 Å². The molecule has 1 aromatic rings. The van der Waals surface area contributed by atoms with Crippen LogP contribution in [0.15, 0.2) is 18.2 Å². The van der Waals surface area contributed by atoms with Gasteiger partial charge in [0.25, 0.3) is 5.91 Å². The quantitative estimate of drug-likeness (QED) is 0.776. The standard InChI is InChI=1S/C15H24N2O2/c1-5-14(10(3)4)17-15(18)11-7-12(16)9-13(8-11)19-6-2/h7-10,14H,5-6,16H2,1-4H3,(H,17,18).